The summed E-state index contributed by atoms with van der Waals surface area (Å²) >= 11 is 1.45. The molecule has 1 heterocycles. The van der Waals surface area contributed by atoms with Gasteiger partial charge in [0.25, 0.3) is 0 Å². The van der Waals surface area contributed by atoms with Crippen molar-refractivity contribution < 1.29 is 4.74 Å². The fourth-order valence-electron chi connectivity index (χ4n) is 2.44. The van der Waals surface area contributed by atoms with Gasteiger partial charge in [0.1, 0.15) is 0 Å². The van der Waals surface area contributed by atoms with Gasteiger partial charge in [-0.25, -0.2) is 0 Å². The van der Waals surface area contributed by atoms with Crippen LogP contribution in [0.2, 0.25) is 0 Å². The van der Waals surface area contributed by atoms with E-state index in [1.165, 1.54) is 37.2 Å². The van der Waals surface area contributed by atoms with Crippen LogP contribution in [0.15, 0.2) is 0 Å². The van der Waals surface area contributed by atoms with Crippen molar-refractivity contribution in [3.05, 3.63) is 0 Å². The maximum absolute atomic E-state index is 5.79. The molecule has 2 N–H and O–H groups in total. The van der Waals surface area contributed by atoms with E-state index in [1.54, 1.807) is 7.11 Å². The predicted molar refractivity (Wildman–Crippen MR) is 68.4 cm³/mol. The van der Waals surface area contributed by atoms with Crippen LogP contribution in [0.1, 0.15) is 32.6 Å². The molecule has 4 nitrogen and oxygen atoms in total. The molecular weight excluding hydrogens is 222 g/mol. The third-order valence-corrected chi connectivity index (χ3v) is 4.11. The van der Waals surface area contributed by atoms with E-state index >= 15 is 0 Å². The predicted octanol–water partition coefficient (Wildman–Crippen LogP) is 2.50. The number of methoxy groups -OCH3 is 1. The van der Waals surface area contributed by atoms with E-state index in [2.05, 4.69) is 16.2 Å². The Morgan fingerprint density at radius 3 is 2.75 bits per heavy atom. The number of ether oxygens (including phenoxy) is 1. The molecule has 0 unspecified atom stereocenters. The van der Waals surface area contributed by atoms with Crippen molar-refractivity contribution in [3.63, 3.8) is 0 Å². The van der Waals surface area contributed by atoms with E-state index in [0.717, 1.165) is 17.3 Å². The first-order valence-corrected chi connectivity index (χ1v) is 6.61. The average Bonchev–Trinajstić information content (AvgIpc) is 2.90. The zero-order chi connectivity index (χ0) is 11.5. The lowest BCUT2D eigenvalue weighted by Gasteiger charge is -2.28. The molecule has 1 aromatic heterocycles. The highest BCUT2D eigenvalue weighted by atomic mass is 32.1. The van der Waals surface area contributed by atoms with Gasteiger partial charge in [-0.15, -0.1) is 0 Å². The fraction of sp³-hybridized carbons (Fsp3) is 0.727. The fourth-order valence-corrected chi connectivity index (χ4v) is 3.36. The van der Waals surface area contributed by atoms with Crippen LogP contribution < -0.4 is 15.4 Å². The number of nitrogens with two attached hydrogens (primary N) is 1. The number of nitrogens with zero attached hydrogens (tertiary/aromatic N) is 2. The summed E-state index contributed by atoms with van der Waals surface area (Å²) < 4.78 is 9.52. The summed E-state index contributed by atoms with van der Waals surface area (Å²) in [4.78, 5) is 2.39. The second-order valence-corrected chi connectivity index (χ2v) is 4.88. The van der Waals surface area contributed by atoms with Crippen LogP contribution in [-0.2, 0) is 0 Å². The van der Waals surface area contributed by atoms with Gasteiger partial charge >= 0.3 is 0 Å². The third kappa shape index (κ3) is 1.96. The van der Waals surface area contributed by atoms with Crippen LogP contribution in [0, 0.1) is 0 Å². The molecule has 1 aliphatic rings. The number of hydrogen-bond acceptors (Lipinski definition) is 5. The van der Waals surface area contributed by atoms with Gasteiger partial charge in [-0.3, -0.25) is 0 Å². The second-order valence-electron chi connectivity index (χ2n) is 4.13. The Kier molecular flexibility index (Phi) is 3.53. The molecule has 0 atom stereocenters. The average molecular weight is 241 g/mol. The highest BCUT2D eigenvalue weighted by molar-refractivity contribution is 7.11. The van der Waals surface area contributed by atoms with Crippen LogP contribution in [0.5, 0.6) is 5.75 Å². The van der Waals surface area contributed by atoms with E-state index in [9.17, 15) is 0 Å². The highest BCUT2D eigenvalue weighted by Crippen LogP contribution is 2.40. The Morgan fingerprint density at radius 1 is 1.50 bits per heavy atom. The molecule has 1 saturated carbocycles. The molecule has 0 bridgehead atoms. The summed E-state index contributed by atoms with van der Waals surface area (Å²) in [5, 5.41) is 1.09. The van der Waals surface area contributed by atoms with Gasteiger partial charge in [0.15, 0.2) is 16.6 Å². The number of hydrogen-bond donors (Lipinski definition) is 1. The molecule has 5 heteroatoms. The molecule has 1 fully saturated rings. The van der Waals surface area contributed by atoms with Crippen molar-refractivity contribution in [2.45, 2.75) is 38.6 Å². The van der Waals surface area contributed by atoms with Gasteiger partial charge < -0.3 is 15.4 Å². The molecule has 0 radical (unpaired) electrons. The van der Waals surface area contributed by atoms with Gasteiger partial charge in [0.2, 0.25) is 0 Å². The summed E-state index contributed by atoms with van der Waals surface area (Å²) in [6.07, 6.45) is 5.21. The molecule has 1 aliphatic carbocycles. The third-order valence-electron chi connectivity index (χ3n) is 3.23. The van der Waals surface area contributed by atoms with Crippen molar-refractivity contribution in [3.8, 4) is 5.75 Å². The lowest BCUT2D eigenvalue weighted by Crippen LogP contribution is -2.32. The molecule has 1 aromatic rings. The van der Waals surface area contributed by atoms with Crippen molar-refractivity contribution in [1.82, 2.24) is 4.37 Å². The molecule has 2 rings (SSSR count). The molecule has 16 heavy (non-hydrogen) atoms. The van der Waals surface area contributed by atoms with Crippen molar-refractivity contribution in [2.75, 3.05) is 24.3 Å². The Balaban J connectivity index is 2.24. The Bertz CT molecular complexity index is 347. The highest BCUT2D eigenvalue weighted by Gasteiger charge is 2.26. The second kappa shape index (κ2) is 4.91. The first-order chi connectivity index (χ1) is 7.77. The number of nitrogen functional groups attached to an aromatic ring is 1. The summed E-state index contributed by atoms with van der Waals surface area (Å²) in [7, 11) is 1.66. The molecule has 0 amide bonds. The van der Waals surface area contributed by atoms with Crippen molar-refractivity contribution in [2.24, 2.45) is 0 Å². The first kappa shape index (κ1) is 11.5. The van der Waals surface area contributed by atoms with E-state index in [0.29, 0.717) is 11.9 Å². The van der Waals surface area contributed by atoms with Gasteiger partial charge in [-0.2, -0.15) is 4.37 Å². The number of aromatic nitrogens is 1. The monoisotopic (exact) mass is 241 g/mol. The van der Waals surface area contributed by atoms with Gasteiger partial charge in [0.05, 0.1) is 7.11 Å². The van der Waals surface area contributed by atoms with Crippen molar-refractivity contribution in [1.29, 1.82) is 0 Å². The number of rotatable bonds is 4. The zero-order valence-electron chi connectivity index (χ0n) is 9.90. The maximum atomic E-state index is 5.79. The van der Waals surface area contributed by atoms with Crippen LogP contribution in [0.3, 0.4) is 0 Å². The molecule has 0 aromatic carbocycles. The van der Waals surface area contributed by atoms with Gasteiger partial charge in [-0.05, 0) is 31.3 Å². The molecule has 0 aliphatic heterocycles. The first-order valence-electron chi connectivity index (χ1n) is 5.83. The zero-order valence-corrected chi connectivity index (χ0v) is 10.7. The molecule has 0 spiro atoms. The minimum atomic E-state index is 0.513. The lowest BCUT2D eigenvalue weighted by molar-refractivity contribution is 0.416. The van der Waals surface area contributed by atoms with E-state index < -0.39 is 0 Å². The maximum Gasteiger partial charge on any atom is 0.197 e. The lowest BCUT2D eigenvalue weighted by atomic mass is 10.2. The molecular formula is C11H19N3OS. The topological polar surface area (TPSA) is 51.4 Å². The molecule has 0 saturated heterocycles. The summed E-state index contributed by atoms with van der Waals surface area (Å²) in [5.74, 6) is 1.26. The largest absolute Gasteiger partial charge is 0.490 e. The Morgan fingerprint density at radius 2 is 2.19 bits per heavy atom. The summed E-state index contributed by atoms with van der Waals surface area (Å²) in [6, 6.07) is 0.638. The minimum Gasteiger partial charge on any atom is -0.490 e. The SMILES string of the molecule is CCN(c1snc(N)c1OC)C1CCCC1. The standard InChI is InChI=1S/C11H19N3OS/c1-3-14(8-6-4-5-7-8)11-9(15-2)10(12)13-16-11/h8H,3-7H2,1-2H3,(H2,12,13). The Labute approximate surface area is 101 Å². The van der Waals surface area contributed by atoms with E-state index in [1.807, 2.05) is 0 Å². The van der Waals surface area contributed by atoms with E-state index in [-0.39, 0.29) is 0 Å². The van der Waals surface area contributed by atoms with Gasteiger partial charge in [0, 0.05) is 12.6 Å². The summed E-state index contributed by atoms with van der Waals surface area (Å²) in [6.45, 7) is 3.16. The normalized spacial score (nSPS) is 16.6. The smallest absolute Gasteiger partial charge is 0.197 e. The minimum absolute atomic E-state index is 0.513. The van der Waals surface area contributed by atoms with Crippen LogP contribution in [-0.4, -0.2) is 24.1 Å². The Hall–Kier alpha value is -0.970. The van der Waals surface area contributed by atoms with Crippen LogP contribution in [0.25, 0.3) is 0 Å². The van der Waals surface area contributed by atoms with Gasteiger partial charge in [-0.1, -0.05) is 12.8 Å². The quantitative estimate of drug-likeness (QED) is 0.880. The number of anilines is 2. The van der Waals surface area contributed by atoms with Crippen LogP contribution in [0.4, 0.5) is 10.8 Å². The molecule has 90 valence electrons. The van der Waals surface area contributed by atoms with Crippen LogP contribution >= 0.6 is 11.5 Å². The van der Waals surface area contributed by atoms with E-state index in [4.69, 9.17) is 10.5 Å². The summed E-state index contributed by atoms with van der Waals surface area (Å²) in [5.41, 5.74) is 5.79. The van der Waals surface area contributed by atoms with Crippen molar-refractivity contribution >= 4 is 22.4 Å².